The van der Waals surface area contributed by atoms with Gasteiger partial charge in [0, 0.05) is 19.5 Å². The zero-order valence-corrected chi connectivity index (χ0v) is 16.8. The highest BCUT2D eigenvalue weighted by Gasteiger charge is 2.17. The van der Waals surface area contributed by atoms with E-state index in [1.54, 1.807) is 7.11 Å². The van der Waals surface area contributed by atoms with E-state index >= 15 is 0 Å². The number of hydrogen-bond donors (Lipinski definition) is 1. The molecule has 6 nitrogen and oxygen atoms in total. The molecule has 0 radical (unpaired) electrons. The molecule has 8 heteroatoms. The standard InChI is InChI=1S/C20H25FN2O4S/c1-27-19-11-5-16(6-12-19)13-14-22-20(24)4-3-15-23(28(2,25)26)18-9-7-17(21)8-10-18/h5-12H,3-4,13-15H2,1-2H3,(H,22,24). The minimum atomic E-state index is -3.52. The van der Waals surface area contributed by atoms with Crippen LogP contribution >= 0.6 is 0 Å². The molecule has 0 saturated carbocycles. The van der Waals surface area contributed by atoms with E-state index in [0.717, 1.165) is 17.6 Å². The van der Waals surface area contributed by atoms with Crippen molar-refractivity contribution in [3.05, 3.63) is 59.9 Å². The molecule has 2 aromatic carbocycles. The van der Waals surface area contributed by atoms with Crippen molar-refractivity contribution in [2.24, 2.45) is 0 Å². The first kappa shape index (κ1) is 21.7. The van der Waals surface area contributed by atoms with Crippen molar-refractivity contribution in [2.45, 2.75) is 19.3 Å². The molecule has 0 bridgehead atoms. The topological polar surface area (TPSA) is 75.7 Å². The summed E-state index contributed by atoms with van der Waals surface area (Å²) in [6, 6.07) is 12.9. The van der Waals surface area contributed by atoms with Crippen molar-refractivity contribution in [3.8, 4) is 5.75 Å². The molecule has 0 fully saturated rings. The molecular formula is C20H25FN2O4S. The minimum Gasteiger partial charge on any atom is -0.497 e. The first-order chi connectivity index (χ1) is 13.3. The van der Waals surface area contributed by atoms with Gasteiger partial charge in [-0.25, -0.2) is 12.8 Å². The van der Waals surface area contributed by atoms with Crippen LogP contribution in [0, 0.1) is 5.82 Å². The van der Waals surface area contributed by atoms with Crippen molar-refractivity contribution >= 4 is 21.6 Å². The van der Waals surface area contributed by atoms with Gasteiger partial charge in [-0.05, 0) is 54.8 Å². The highest BCUT2D eigenvalue weighted by atomic mass is 32.2. The Bertz CT molecular complexity index is 868. The summed E-state index contributed by atoms with van der Waals surface area (Å²) in [6.07, 6.45) is 2.35. The number of nitrogens with zero attached hydrogens (tertiary/aromatic N) is 1. The Morgan fingerprint density at radius 1 is 1.11 bits per heavy atom. The average molecular weight is 408 g/mol. The van der Waals surface area contributed by atoms with Crippen LogP contribution in [0.15, 0.2) is 48.5 Å². The Balaban J connectivity index is 1.78. The second-order valence-corrected chi connectivity index (χ2v) is 8.27. The number of carbonyl (C=O) groups excluding carboxylic acids is 1. The van der Waals surface area contributed by atoms with Crippen molar-refractivity contribution in [3.63, 3.8) is 0 Å². The molecule has 28 heavy (non-hydrogen) atoms. The van der Waals surface area contributed by atoms with E-state index in [1.165, 1.54) is 28.6 Å². The number of amides is 1. The molecule has 0 aliphatic carbocycles. The fraction of sp³-hybridized carbons (Fsp3) is 0.350. The van der Waals surface area contributed by atoms with Crippen LogP contribution in [0.4, 0.5) is 10.1 Å². The molecule has 0 aliphatic rings. The first-order valence-electron chi connectivity index (χ1n) is 8.92. The molecule has 1 amide bonds. The van der Waals surface area contributed by atoms with Gasteiger partial charge in [0.2, 0.25) is 15.9 Å². The summed E-state index contributed by atoms with van der Waals surface area (Å²) in [5.74, 6) is 0.207. The van der Waals surface area contributed by atoms with Crippen LogP contribution in [0.3, 0.4) is 0 Å². The zero-order valence-electron chi connectivity index (χ0n) is 16.0. The van der Waals surface area contributed by atoms with Gasteiger partial charge in [-0.3, -0.25) is 9.10 Å². The molecule has 2 rings (SSSR count). The maximum absolute atomic E-state index is 13.1. The summed E-state index contributed by atoms with van der Waals surface area (Å²) in [4.78, 5) is 12.0. The normalized spacial score (nSPS) is 11.1. The molecular weight excluding hydrogens is 383 g/mol. The van der Waals surface area contributed by atoms with Gasteiger partial charge in [-0.1, -0.05) is 12.1 Å². The van der Waals surface area contributed by atoms with E-state index in [2.05, 4.69) is 5.32 Å². The quantitative estimate of drug-likeness (QED) is 0.656. The Morgan fingerprint density at radius 3 is 2.32 bits per heavy atom. The molecule has 1 N–H and O–H groups in total. The number of halogens is 1. The minimum absolute atomic E-state index is 0.138. The summed E-state index contributed by atoms with van der Waals surface area (Å²) in [6.45, 7) is 0.648. The number of nitrogens with one attached hydrogen (secondary N) is 1. The van der Waals surface area contributed by atoms with Crippen LogP contribution < -0.4 is 14.4 Å². The highest BCUT2D eigenvalue weighted by Crippen LogP contribution is 2.18. The van der Waals surface area contributed by atoms with Crippen molar-refractivity contribution in [1.82, 2.24) is 5.32 Å². The molecule has 0 saturated heterocycles. The van der Waals surface area contributed by atoms with E-state index in [4.69, 9.17) is 4.74 Å². The predicted octanol–water partition coefficient (Wildman–Crippen LogP) is 2.74. The van der Waals surface area contributed by atoms with E-state index in [0.29, 0.717) is 25.1 Å². The second kappa shape index (κ2) is 10.1. The van der Waals surface area contributed by atoms with Gasteiger partial charge < -0.3 is 10.1 Å². The fourth-order valence-electron chi connectivity index (χ4n) is 2.70. The Hall–Kier alpha value is -2.61. The van der Waals surface area contributed by atoms with E-state index < -0.39 is 15.8 Å². The molecule has 152 valence electrons. The van der Waals surface area contributed by atoms with E-state index in [1.807, 2.05) is 24.3 Å². The third-order valence-corrected chi connectivity index (χ3v) is 5.37. The Morgan fingerprint density at radius 2 is 1.75 bits per heavy atom. The van der Waals surface area contributed by atoms with Gasteiger partial charge in [-0.2, -0.15) is 0 Å². The summed E-state index contributed by atoms with van der Waals surface area (Å²) in [5.41, 5.74) is 1.46. The van der Waals surface area contributed by atoms with Crippen molar-refractivity contribution < 1.29 is 22.3 Å². The lowest BCUT2D eigenvalue weighted by atomic mass is 10.1. The Labute approximate surface area is 165 Å². The van der Waals surface area contributed by atoms with Crippen LogP contribution in [0.25, 0.3) is 0 Å². The summed E-state index contributed by atoms with van der Waals surface area (Å²) in [5, 5.41) is 2.83. The average Bonchev–Trinajstić information content (AvgIpc) is 2.66. The maximum atomic E-state index is 13.1. The first-order valence-corrected chi connectivity index (χ1v) is 10.8. The molecule has 0 heterocycles. The van der Waals surface area contributed by atoms with Crippen molar-refractivity contribution in [1.29, 1.82) is 0 Å². The lowest BCUT2D eigenvalue weighted by Gasteiger charge is -2.22. The number of rotatable bonds is 10. The largest absolute Gasteiger partial charge is 0.497 e. The Kier molecular flexibility index (Phi) is 7.80. The summed E-state index contributed by atoms with van der Waals surface area (Å²) in [7, 11) is -1.91. The number of carbonyl (C=O) groups is 1. The van der Waals surface area contributed by atoms with E-state index in [9.17, 15) is 17.6 Å². The third-order valence-electron chi connectivity index (χ3n) is 4.17. The number of benzene rings is 2. The van der Waals surface area contributed by atoms with Gasteiger partial charge in [-0.15, -0.1) is 0 Å². The number of sulfonamides is 1. The monoisotopic (exact) mass is 408 g/mol. The van der Waals surface area contributed by atoms with Crippen LogP contribution in [0.1, 0.15) is 18.4 Å². The van der Waals surface area contributed by atoms with Gasteiger partial charge in [0.25, 0.3) is 0 Å². The second-order valence-electron chi connectivity index (χ2n) is 6.36. The SMILES string of the molecule is COc1ccc(CCNC(=O)CCCN(c2ccc(F)cc2)S(C)(=O)=O)cc1. The zero-order chi connectivity index (χ0) is 20.6. The number of methoxy groups -OCH3 is 1. The highest BCUT2D eigenvalue weighted by molar-refractivity contribution is 7.92. The summed E-state index contributed by atoms with van der Waals surface area (Å²) < 4.78 is 43.3. The number of anilines is 1. The van der Waals surface area contributed by atoms with E-state index in [-0.39, 0.29) is 18.9 Å². The fourth-order valence-corrected chi connectivity index (χ4v) is 3.67. The third kappa shape index (κ3) is 6.84. The molecule has 0 aliphatic heterocycles. The molecule has 0 aromatic heterocycles. The number of hydrogen-bond acceptors (Lipinski definition) is 4. The molecule has 2 aromatic rings. The van der Waals surface area contributed by atoms with Crippen LogP contribution in [0.5, 0.6) is 5.75 Å². The van der Waals surface area contributed by atoms with Crippen molar-refractivity contribution in [2.75, 3.05) is 30.8 Å². The molecule has 0 atom stereocenters. The number of ether oxygens (including phenoxy) is 1. The molecule has 0 spiro atoms. The van der Waals surface area contributed by atoms with Crippen LogP contribution in [-0.4, -0.2) is 40.8 Å². The predicted molar refractivity (Wildman–Crippen MR) is 108 cm³/mol. The molecule has 0 unspecified atom stereocenters. The lowest BCUT2D eigenvalue weighted by molar-refractivity contribution is -0.121. The van der Waals surface area contributed by atoms with Gasteiger partial charge in [0.05, 0.1) is 19.1 Å². The van der Waals surface area contributed by atoms with Crippen LogP contribution in [-0.2, 0) is 21.2 Å². The van der Waals surface area contributed by atoms with Gasteiger partial charge >= 0.3 is 0 Å². The van der Waals surface area contributed by atoms with Gasteiger partial charge in [0.1, 0.15) is 11.6 Å². The maximum Gasteiger partial charge on any atom is 0.232 e. The van der Waals surface area contributed by atoms with Gasteiger partial charge in [0.15, 0.2) is 0 Å². The smallest absolute Gasteiger partial charge is 0.232 e. The summed E-state index contributed by atoms with van der Waals surface area (Å²) >= 11 is 0. The van der Waals surface area contributed by atoms with Crippen LogP contribution in [0.2, 0.25) is 0 Å². The lowest BCUT2D eigenvalue weighted by Crippen LogP contribution is -2.32.